The smallest absolute Gasteiger partial charge is 0.416 e. The van der Waals surface area contributed by atoms with Crippen molar-refractivity contribution in [3.05, 3.63) is 53.0 Å². The van der Waals surface area contributed by atoms with Gasteiger partial charge in [0.1, 0.15) is 5.76 Å². The number of aryl methyl sites for hydroxylation is 1. The van der Waals surface area contributed by atoms with Gasteiger partial charge >= 0.3 is 6.18 Å². The Morgan fingerprint density at radius 3 is 2.43 bits per heavy atom. The van der Waals surface area contributed by atoms with E-state index in [1.165, 1.54) is 12.1 Å². The summed E-state index contributed by atoms with van der Waals surface area (Å²) in [6, 6.07) is 5.87. The minimum Gasteiger partial charge on any atom is -0.469 e. The number of hydrogen-bond acceptors (Lipinski definition) is 3. The SMILES string of the molecule is Cc1occc1CN(C)c1ccc(C(F)(F)F)c(CN)c1. The summed E-state index contributed by atoms with van der Waals surface area (Å²) in [5.41, 5.74) is 6.53. The highest BCUT2D eigenvalue weighted by atomic mass is 19.4. The molecule has 6 heteroatoms. The quantitative estimate of drug-likeness (QED) is 0.936. The Morgan fingerprint density at radius 2 is 1.90 bits per heavy atom. The molecule has 0 aliphatic rings. The fourth-order valence-electron chi connectivity index (χ4n) is 2.19. The zero-order chi connectivity index (χ0) is 15.6. The molecule has 1 heterocycles. The zero-order valence-electron chi connectivity index (χ0n) is 11.9. The molecule has 0 saturated heterocycles. The molecule has 1 aromatic carbocycles. The number of benzene rings is 1. The highest BCUT2D eigenvalue weighted by Gasteiger charge is 2.33. The number of nitrogens with zero attached hydrogens (tertiary/aromatic N) is 1. The van der Waals surface area contributed by atoms with E-state index >= 15 is 0 Å². The summed E-state index contributed by atoms with van der Waals surface area (Å²) in [5, 5.41) is 0. The Hall–Kier alpha value is -1.95. The molecule has 114 valence electrons. The van der Waals surface area contributed by atoms with Crippen molar-refractivity contribution in [1.29, 1.82) is 0 Å². The molecule has 0 spiro atoms. The maximum atomic E-state index is 12.8. The second kappa shape index (κ2) is 5.81. The van der Waals surface area contributed by atoms with Gasteiger partial charge in [0.05, 0.1) is 11.8 Å². The standard InChI is InChI=1S/C15H17F3N2O/c1-10-11(5-6-21-10)9-20(2)13-3-4-14(15(16,17)18)12(7-13)8-19/h3-7H,8-9,19H2,1-2H3. The van der Waals surface area contributed by atoms with Crippen LogP contribution in [0.4, 0.5) is 18.9 Å². The van der Waals surface area contributed by atoms with Crippen LogP contribution >= 0.6 is 0 Å². The van der Waals surface area contributed by atoms with Gasteiger partial charge in [0.25, 0.3) is 0 Å². The molecule has 0 amide bonds. The van der Waals surface area contributed by atoms with Crippen LogP contribution in [-0.2, 0) is 19.3 Å². The highest BCUT2D eigenvalue weighted by molar-refractivity contribution is 5.51. The van der Waals surface area contributed by atoms with E-state index < -0.39 is 11.7 Å². The molecule has 1 aromatic heterocycles. The van der Waals surface area contributed by atoms with Crippen molar-refractivity contribution >= 4 is 5.69 Å². The van der Waals surface area contributed by atoms with Crippen LogP contribution in [0.15, 0.2) is 34.9 Å². The van der Waals surface area contributed by atoms with Crippen molar-refractivity contribution in [2.45, 2.75) is 26.2 Å². The minimum absolute atomic E-state index is 0.0933. The Labute approximate surface area is 121 Å². The summed E-state index contributed by atoms with van der Waals surface area (Å²) in [5.74, 6) is 0.799. The average molecular weight is 298 g/mol. The fraction of sp³-hybridized carbons (Fsp3) is 0.333. The van der Waals surface area contributed by atoms with E-state index in [-0.39, 0.29) is 12.1 Å². The first-order valence-corrected chi connectivity index (χ1v) is 6.47. The summed E-state index contributed by atoms with van der Waals surface area (Å²) in [6.45, 7) is 2.25. The van der Waals surface area contributed by atoms with E-state index in [2.05, 4.69) is 0 Å². The zero-order valence-corrected chi connectivity index (χ0v) is 11.9. The van der Waals surface area contributed by atoms with Gasteiger partial charge in [-0.15, -0.1) is 0 Å². The minimum atomic E-state index is -4.38. The summed E-state index contributed by atoms with van der Waals surface area (Å²) in [6.07, 6.45) is -2.79. The molecule has 3 nitrogen and oxygen atoms in total. The maximum absolute atomic E-state index is 12.8. The van der Waals surface area contributed by atoms with Crippen molar-refractivity contribution in [3.8, 4) is 0 Å². The van der Waals surface area contributed by atoms with E-state index in [0.29, 0.717) is 12.2 Å². The lowest BCUT2D eigenvalue weighted by atomic mass is 10.1. The molecule has 0 atom stereocenters. The number of rotatable bonds is 4. The third kappa shape index (κ3) is 3.39. The molecule has 2 N–H and O–H groups in total. The van der Waals surface area contributed by atoms with Gasteiger partial charge in [-0.1, -0.05) is 0 Å². The van der Waals surface area contributed by atoms with Crippen molar-refractivity contribution in [1.82, 2.24) is 0 Å². The van der Waals surface area contributed by atoms with Crippen LogP contribution in [0, 0.1) is 6.92 Å². The van der Waals surface area contributed by atoms with Gasteiger partial charge in [0.15, 0.2) is 0 Å². The van der Waals surface area contributed by atoms with Gasteiger partial charge in [-0.2, -0.15) is 13.2 Å². The first-order chi connectivity index (χ1) is 9.82. The van der Waals surface area contributed by atoms with Crippen LogP contribution in [0.5, 0.6) is 0 Å². The van der Waals surface area contributed by atoms with E-state index in [4.69, 9.17) is 10.2 Å². The molecule has 2 rings (SSSR count). The van der Waals surface area contributed by atoms with E-state index in [1.54, 1.807) is 6.26 Å². The highest BCUT2D eigenvalue weighted by Crippen LogP contribution is 2.34. The second-order valence-corrected chi connectivity index (χ2v) is 4.90. The fourth-order valence-corrected chi connectivity index (χ4v) is 2.19. The Kier molecular flexibility index (Phi) is 4.27. The lowest BCUT2D eigenvalue weighted by Crippen LogP contribution is -2.18. The molecule has 0 saturated carbocycles. The average Bonchev–Trinajstić information content (AvgIpc) is 2.82. The number of furan rings is 1. The maximum Gasteiger partial charge on any atom is 0.416 e. The first kappa shape index (κ1) is 15.4. The van der Waals surface area contributed by atoms with E-state index in [1.807, 2.05) is 24.9 Å². The molecule has 0 aliphatic heterocycles. The van der Waals surface area contributed by atoms with Gasteiger partial charge in [-0.05, 0) is 36.8 Å². The summed E-state index contributed by atoms with van der Waals surface area (Å²) in [7, 11) is 1.81. The monoisotopic (exact) mass is 298 g/mol. The topological polar surface area (TPSA) is 42.4 Å². The van der Waals surface area contributed by atoms with Gasteiger partial charge in [0.2, 0.25) is 0 Å². The predicted molar refractivity (Wildman–Crippen MR) is 74.9 cm³/mol. The summed E-state index contributed by atoms with van der Waals surface area (Å²) >= 11 is 0. The summed E-state index contributed by atoms with van der Waals surface area (Å²) < 4.78 is 43.7. The van der Waals surface area contributed by atoms with Gasteiger partial charge in [0, 0.05) is 31.4 Å². The van der Waals surface area contributed by atoms with Crippen LogP contribution < -0.4 is 10.6 Å². The second-order valence-electron chi connectivity index (χ2n) is 4.90. The Balaban J connectivity index is 2.26. The third-order valence-corrected chi connectivity index (χ3v) is 3.43. The molecule has 0 bridgehead atoms. The number of alkyl halides is 3. The Morgan fingerprint density at radius 1 is 1.19 bits per heavy atom. The predicted octanol–water partition coefficient (Wildman–Crippen LogP) is 3.70. The van der Waals surface area contributed by atoms with Gasteiger partial charge < -0.3 is 15.1 Å². The van der Waals surface area contributed by atoms with E-state index in [9.17, 15) is 13.2 Å². The molecule has 0 radical (unpaired) electrons. The normalized spacial score (nSPS) is 11.7. The molecule has 0 unspecified atom stereocenters. The third-order valence-electron chi connectivity index (χ3n) is 3.43. The molecular formula is C15H17F3N2O. The van der Waals surface area contributed by atoms with Gasteiger partial charge in [-0.25, -0.2) is 0 Å². The largest absolute Gasteiger partial charge is 0.469 e. The van der Waals surface area contributed by atoms with Gasteiger partial charge in [-0.3, -0.25) is 0 Å². The van der Waals surface area contributed by atoms with Crippen LogP contribution in [0.3, 0.4) is 0 Å². The van der Waals surface area contributed by atoms with Crippen molar-refractivity contribution in [2.75, 3.05) is 11.9 Å². The number of halogens is 3. The lowest BCUT2D eigenvalue weighted by molar-refractivity contribution is -0.138. The molecule has 0 aliphatic carbocycles. The molecule has 2 aromatic rings. The first-order valence-electron chi connectivity index (χ1n) is 6.47. The molecular weight excluding hydrogens is 281 g/mol. The van der Waals surface area contributed by atoms with Crippen molar-refractivity contribution < 1.29 is 17.6 Å². The number of hydrogen-bond donors (Lipinski definition) is 1. The lowest BCUT2D eigenvalue weighted by Gasteiger charge is -2.21. The molecule has 21 heavy (non-hydrogen) atoms. The van der Waals surface area contributed by atoms with Crippen molar-refractivity contribution in [2.24, 2.45) is 5.73 Å². The van der Waals surface area contributed by atoms with Crippen molar-refractivity contribution in [3.63, 3.8) is 0 Å². The number of nitrogens with two attached hydrogens (primary N) is 1. The summed E-state index contributed by atoms with van der Waals surface area (Å²) in [4.78, 5) is 1.86. The van der Waals surface area contributed by atoms with Crippen LogP contribution in [0.2, 0.25) is 0 Å². The molecule has 0 fully saturated rings. The van der Waals surface area contributed by atoms with E-state index in [0.717, 1.165) is 17.4 Å². The van der Waals surface area contributed by atoms with Crippen LogP contribution in [-0.4, -0.2) is 7.05 Å². The van der Waals surface area contributed by atoms with Crippen LogP contribution in [0.1, 0.15) is 22.5 Å². The van der Waals surface area contributed by atoms with Crippen LogP contribution in [0.25, 0.3) is 0 Å². The Bertz CT molecular complexity index is 620. The number of anilines is 1.